The Hall–Kier alpha value is -1.31. The van der Waals surface area contributed by atoms with E-state index in [0.717, 1.165) is 30.0 Å². The minimum absolute atomic E-state index is 0.682. The third-order valence-corrected chi connectivity index (χ3v) is 3.83. The fourth-order valence-electron chi connectivity index (χ4n) is 2.75. The van der Waals surface area contributed by atoms with Crippen molar-refractivity contribution in [3.8, 4) is 6.07 Å². The van der Waals surface area contributed by atoms with Crippen LogP contribution in [-0.2, 0) is 6.54 Å². The summed E-state index contributed by atoms with van der Waals surface area (Å²) in [6.07, 6.45) is 2.61. The third kappa shape index (κ3) is 2.92. The number of aromatic amines is 1. The van der Waals surface area contributed by atoms with Gasteiger partial charge in [-0.15, -0.1) is 0 Å². The van der Waals surface area contributed by atoms with Crippen LogP contribution >= 0.6 is 0 Å². The van der Waals surface area contributed by atoms with Crippen LogP contribution in [0.4, 0.5) is 0 Å². The zero-order valence-corrected chi connectivity index (χ0v) is 11.5. The van der Waals surface area contributed by atoms with Gasteiger partial charge in [0.15, 0.2) is 0 Å². The molecule has 1 atom stereocenters. The first-order valence-electron chi connectivity index (χ1n) is 6.57. The van der Waals surface area contributed by atoms with E-state index in [1.165, 1.54) is 19.4 Å². The summed E-state index contributed by atoms with van der Waals surface area (Å²) in [5, 5.41) is 8.94. The molecule has 1 N–H and O–H groups in total. The SMILES string of the molecule is Cc1[nH]c(CN(C)C[C@@H]2CCCN2C)cc1C#N. The molecule has 0 unspecified atom stereocenters. The Bertz CT molecular complexity index is 443. The number of aryl methyl sites for hydroxylation is 1. The molecule has 0 aromatic carbocycles. The Balaban J connectivity index is 1.90. The average Bonchev–Trinajstić information content (AvgIpc) is 2.86. The summed E-state index contributed by atoms with van der Waals surface area (Å²) in [6, 6.07) is 4.86. The van der Waals surface area contributed by atoms with Crippen molar-refractivity contribution in [3.63, 3.8) is 0 Å². The van der Waals surface area contributed by atoms with Gasteiger partial charge in [-0.3, -0.25) is 4.90 Å². The van der Waals surface area contributed by atoms with Crippen molar-refractivity contribution < 1.29 is 0 Å². The van der Waals surface area contributed by atoms with Gasteiger partial charge in [-0.25, -0.2) is 0 Å². The van der Waals surface area contributed by atoms with Crippen molar-refractivity contribution in [3.05, 3.63) is 23.0 Å². The van der Waals surface area contributed by atoms with Gasteiger partial charge in [-0.1, -0.05) is 0 Å². The second-order valence-electron chi connectivity index (χ2n) is 5.42. The number of hydrogen-bond donors (Lipinski definition) is 1. The van der Waals surface area contributed by atoms with Gasteiger partial charge in [0.1, 0.15) is 6.07 Å². The van der Waals surface area contributed by atoms with E-state index in [1.807, 2.05) is 13.0 Å². The standard InChI is InChI=1S/C14H22N4/c1-11-12(8-15)7-13(16-11)9-17(2)10-14-5-4-6-18(14)3/h7,14,16H,4-6,9-10H2,1-3H3/t14-/m0/s1. The number of rotatable bonds is 4. The number of nitrogens with one attached hydrogen (secondary N) is 1. The summed E-state index contributed by atoms with van der Waals surface area (Å²) < 4.78 is 0. The highest BCUT2D eigenvalue weighted by Gasteiger charge is 2.22. The maximum absolute atomic E-state index is 8.94. The summed E-state index contributed by atoms with van der Waals surface area (Å²) >= 11 is 0. The van der Waals surface area contributed by atoms with Crippen LogP contribution in [0.3, 0.4) is 0 Å². The Morgan fingerprint density at radius 2 is 2.39 bits per heavy atom. The van der Waals surface area contributed by atoms with Crippen molar-refractivity contribution in [1.29, 1.82) is 5.26 Å². The quantitative estimate of drug-likeness (QED) is 0.880. The highest BCUT2D eigenvalue weighted by Crippen LogP contribution is 2.17. The number of likely N-dealkylation sites (N-methyl/N-ethyl adjacent to an activating group) is 2. The molecule has 0 amide bonds. The van der Waals surface area contributed by atoms with Crippen molar-refractivity contribution >= 4 is 0 Å². The zero-order chi connectivity index (χ0) is 13.1. The van der Waals surface area contributed by atoms with Crippen LogP contribution in [0.1, 0.15) is 29.8 Å². The molecule has 1 aromatic heterocycles. The van der Waals surface area contributed by atoms with E-state index in [1.54, 1.807) is 0 Å². The Kier molecular flexibility index (Phi) is 4.05. The molecule has 1 aliphatic heterocycles. The number of hydrogen-bond acceptors (Lipinski definition) is 3. The topological polar surface area (TPSA) is 46.1 Å². The lowest BCUT2D eigenvalue weighted by atomic mass is 10.2. The number of aromatic nitrogens is 1. The summed E-state index contributed by atoms with van der Waals surface area (Å²) in [6.45, 7) is 5.15. The predicted octanol–water partition coefficient (Wildman–Crippen LogP) is 1.72. The number of likely N-dealkylation sites (tertiary alicyclic amines) is 1. The molecule has 1 aromatic rings. The minimum Gasteiger partial charge on any atom is -0.360 e. The van der Waals surface area contributed by atoms with Crippen LogP contribution in [0.25, 0.3) is 0 Å². The molecular weight excluding hydrogens is 224 g/mol. The van der Waals surface area contributed by atoms with Gasteiger partial charge in [-0.05, 0) is 46.5 Å². The molecule has 4 nitrogen and oxygen atoms in total. The average molecular weight is 246 g/mol. The highest BCUT2D eigenvalue weighted by molar-refractivity contribution is 5.35. The molecule has 2 rings (SSSR count). The smallest absolute Gasteiger partial charge is 0.101 e. The maximum Gasteiger partial charge on any atom is 0.101 e. The van der Waals surface area contributed by atoms with Crippen molar-refractivity contribution in [2.75, 3.05) is 27.2 Å². The molecule has 1 aliphatic rings. The van der Waals surface area contributed by atoms with E-state index < -0.39 is 0 Å². The summed E-state index contributed by atoms with van der Waals surface area (Å²) in [7, 11) is 4.35. The monoisotopic (exact) mass is 246 g/mol. The third-order valence-electron chi connectivity index (χ3n) is 3.83. The lowest BCUT2D eigenvalue weighted by Crippen LogP contribution is -2.36. The molecule has 0 spiro atoms. The van der Waals surface area contributed by atoms with Gasteiger partial charge < -0.3 is 9.88 Å². The van der Waals surface area contributed by atoms with E-state index >= 15 is 0 Å². The van der Waals surface area contributed by atoms with E-state index in [-0.39, 0.29) is 0 Å². The Morgan fingerprint density at radius 1 is 1.61 bits per heavy atom. The van der Waals surface area contributed by atoms with Crippen LogP contribution in [-0.4, -0.2) is 48.0 Å². The fraction of sp³-hybridized carbons (Fsp3) is 0.643. The predicted molar refractivity (Wildman–Crippen MR) is 72.2 cm³/mol. The lowest BCUT2D eigenvalue weighted by molar-refractivity contribution is 0.214. The van der Waals surface area contributed by atoms with Crippen LogP contribution in [0.2, 0.25) is 0 Å². The first kappa shape index (κ1) is 13.1. The lowest BCUT2D eigenvalue weighted by Gasteiger charge is -2.25. The largest absolute Gasteiger partial charge is 0.360 e. The first-order chi connectivity index (χ1) is 8.60. The van der Waals surface area contributed by atoms with E-state index in [9.17, 15) is 0 Å². The Labute approximate surface area is 109 Å². The van der Waals surface area contributed by atoms with Crippen LogP contribution in [0.5, 0.6) is 0 Å². The molecule has 0 aliphatic carbocycles. The number of nitriles is 1. The first-order valence-corrected chi connectivity index (χ1v) is 6.57. The van der Waals surface area contributed by atoms with Gasteiger partial charge in [0.05, 0.1) is 5.56 Å². The molecule has 18 heavy (non-hydrogen) atoms. The van der Waals surface area contributed by atoms with Crippen LogP contribution in [0, 0.1) is 18.3 Å². The Morgan fingerprint density at radius 3 is 2.94 bits per heavy atom. The van der Waals surface area contributed by atoms with Gasteiger partial charge in [-0.2, -0.15) is 5.26 Å². The molecule has 0 saturated carbocycles. The van der Waals surface area contributed by atoms with E-state index in [4.69, 9.17) is 5.26 Å². The minimum atomic E-state index is 0.682. The van der Waals surface area contributed by atoms with Gasteiger partial charge in [0.2, 0.25) is 0 Å². The molecule has 0 bridgehead atoms. The van der Waals surface area contributed by atoms with Crippen molar-refractivity contribution in [2.45, 2.75) is 32.4 Å². The normalized spacial score (nSPS) is 20.5. The van der Waals surface area contributed by atoms with Crippen molar-refractivity contribution in [1.82, 2.24) is 14.8 Å². The number of nitrogens with zero attached hydrogens (tertiary/aromatic N) is 3. The molecular formula is C14H22N4. The van der Waals surface area contributed by atoms with Gasteiger partial charge in [0, 0.05) is 30.5 Å². The molecule has 2 heterocycles. The van der Waals surface area contributed by atoms with Crippen LogP contribution < -0.4 is 0 Å². The van der Waals surface area contributed by atoms with Gasteiger partial charge >= 0.3 is 0 Å². The fourth-order valence-corrected chi connectivity index (χ4v) is 2.75. The molecule has 4 heteroatoms. The van der Waals surface area contributed by atoms with E-state index in [0.29, 0.717) is 6.04 Å². The van der Waals surface area contributed by atoms with E-state index in [2.05, 4.69) is 34.9 Å². The summed E-state index contributed by atoms with van der Waals surface area (Å²) in [4.78, 5) is 8.06. The van der Waals surface area contributed by atoms with Crippen molar-refractivity contribution in [2.24, 2.45) is 0 Å². The van der Waals surface area contributed by atoms with Crippen LogP contribution in [0.15, 0.2) is 6.07 Å². The molecule has 98 valence electrons. The maximum atomic E-state index is 8.94. The van der Waals surface area contributed by atoms with Gasteiger partial charge in [0.25, 0.3) is 0 Å². The second-order valence-corrected chi connectivity index (χ2v) is 5.42. The molecule has 1 saturated heterocycles. The summed E-state index contributed by atoms with van der Waals surface area (Å²) in [5.74, 6) is 0. The zero-order valence-electron chi connectivity index (χ0n) is 11.5. The summed E-state index contributed by atoms with van der Waals surface area (Å²) in [5.41, 5.74) is 2.86. The molecule has 0 radical (unpaired) electrons. The second kappa shape index (κ2) is 5.55. The highest BCUT2D eigenvalue weighted by atomic mass is 15.2. The number of H-pyrrole nitrogens is 1. The molecule has 1 fully saturated rings.